The second-order valence-corrected chi connectivity index (χ2v) is 6.95. The summed E-state index contributed by atoms with van der Waals surface area (Å²) in [6.07, 6.45) is 5.54. The van der Waals surface area contributed by atoms with Gasteiger partial charge in [0.15, 0.2) is 0 Å². The van der Waals surface area contributed by atoms with Crippen molar-refractivity contribution in [3.8, 4) is 5.69 Å². The maximum atomic E-state index is 12.8. The standard InChI is InChI=1S/C22H27N5O/c1-4-5-13-26(16-19-7-6-12-23-15-19)22(28)24-20-8-10-21(11-9-20)27-18(3)14-17(2)25-27/h6-12,14-15H,4-5,13,16H2,1-3H3,(H,24,28). The highest BCUT2D eigenvalue weighted by atomic mass is 16.2. The van der Waals surface area contributed by atoms with E-state index in [1.165, 1.54) is 0 Å². The molecule has 0 radical (unpaired) electrons. The minimum atomic E-state index is -0.101. The van der Waals surface area contributed by atoms with Crippen molar-refractivity contribution in [3.63, 3.8) is 0 Å². The number of rotatable bonds is 7. The van der Waals surface area contributed by atoms with Gasteiger partial charge in [0.2, 0.25) is 0 Å². The number of nitrogens with one attached hydrogen (secondary N) is 1. The molecule has 2 heterocycles. The van der Waals surface area contributed by atoms with E-state index in [1.54, 1.807) is 12.4 Å². The number of amides is 2. The zero-order valence-electron chi connectivity index (χ0n) is 16.7. The minimum absolute atomic E-state index is 0.101. The van der Waals surface area contributed by atoms with Crippen LogP contribution in [-0.4, -0.2) is 32.2 Å². The summed E-state index contributed by atoms with van der Waals surface area (Å²) in [7, 11) is 0. The van der Waals surface area contributed by atoms with E-state index in [0.29, 0.717) is 13.1 Å². The zero-order chi connectivity index (χ0) is 19.9. The number of hydrogen-bond donors (Lipinski definition) is 1. The average Bonchev–Trinajstić information content (AvgIpc) is 3.04. The van der Waals surface area contributed by atoms with Gasteiger partial charge >= 0.3 is 6.03 Å². The van der Waals surface area contributed by atoms with Gasteiger partial charge in [0.25, 0.3) is 0 Å². The Morgan fingerprint density at radius 2 is 1.96 bits per heavy atom. The van der Waals surface area contributed by atoms with Crippen molar-refractivity contribution in [1.29, 1.82) is 0 Å². The maximum Gasteiger partial charge on any atom is 0.322 e. The summed E-state index contributed by atoms with van der Waals surface area (Å²) in [5.74, 6) is 0. The highest BCUT2D eigenvalue weighted by molar-refractivity contribution is 5.89. The van der Waals surface area contributed by atoms with Crippen LogP contribution in [-0.2, 0) is 6.54 Å². The molecule has 3 aromatic rings. The van der Waals surface area contributed by atoms with E-state index in [1.807, 2.05) is 65.9 Å². The van der Waals surface area contributed by atoms with Gasteiger partial charge in [-0.15, -0.1) is 0 Å². The number of carbonyl (C=O) groups excluding carboxylic acids is 1. The van der Waals surface area contributed by atoms with Gasteiger partial charge in [-0.3, -0.25) is 4.98 Å². The third-order valence-corrected chi connectivity index (χ3v) is 4.54. The number of pyridine rings is 1. The molecule has 0 fully saturated rings. The molecule has 0 atom stereocenters. The molecule has 6 heteroatoms. The lowest BCUT2D eigenvalue weighted by Crippen LogP contribution is -2.35. The van der Waals surface area contributed by atoms with E-state index in [0.717, 1.165) is 41.2 Å². The number of hydrogen-bond acceptors (Lipinski definition) is 3. The fourth-order valence-electron chi connectivity index (χ4n) is 3.09. The molecule has 0 aliphatic heterocycles. The molecule has 0 saturated carbocycles. The highest BCUT2D eigenvalue weighted by Crippen LogP contribution is 2.16. The quantitative estimate of drug-likeness (QED) is 0.648. The molecule has 0 aliphatic rings. The monoisotopic (exact) mass is 377 g/mol. The summed E-state index contributed by atoms with van der Waals surface area (Å²) in [5, 5.41) is 7.50. The van der Waals surface area contributed by atoms with Gasteiger partial charge < -0.3 is 10.2 Å². The molecule has 146 valence electrons. The minimum Gasteiger partial charge on any atom is -0.320 e. The fraction of sp³-hybridized carbons (Fsp3) is 0.318. The Morgan fingerprint density at radius 3 is 2.57 bits per heavy atom. The molecular weight excluding hydrogens is 350 g/mol. The second-order valence-electron chi connectivity index (χ2n) is 6.95. The first-order valence-electron chi connectivity index (χ1n) is 9.65. The van der Waals surface area contributed by atoms with Gasteiger partial charge in [0.05, 0.1) is 11.4 Å². The van der Waals surface area contributed by atoms with E-state index in [9.17, 15) is 4.79 Å². The van der Waals surface area contributed by atoms with Crippen LogP contribution in [0.15, 0.2) is 54.9 Å². The van der Waals surface area contributed by atoms with Crippen molar-refractivity contribution in [3.05, 3.63) is 71.8 Å². The summed E-state index contributed by atoms with van der Waals surface area (Å²) < 4.78 is 1.90. The van der Waals surface area contributed by atoms with E-state index in [-0.39, 0.29) is 6.03 Å². The molecule has 1 N–H and O–H groups in total. The van der Waals surface area contributed by atoms with Crippen molar-refractivity contribution < 1.29 is 4.79 Å². The van der Waals surface area contributed by atoms with Gasteiger partial charge in [-0.1, -0.05) is 19.4 Å². The molecule has 3 rings (SSSR count). The Balaban J connectivity index is 1.69. The molecule has 6 nitrogen and oxygen atoms in total. The predicted octanol–water partition coefficient (Wildman–Crippen LogP) is 4.72. The van der Waals surface area contributed by atoms with E-state index in [4.69, 9.17) is 0 Å². The number of anilines is 1. The first kappa shape index (κ1) is 19.6. The molecule has 0 unspecified atom stereocenters. The van der Waals surface area contributed by atoms with Crippen LogP contribution in [0.2, 0.25) is 0 Å². The van der Waals surface area contributed by atoms with Crippen LogP contribution in [0.3, 0.4) is 0 Å². The Labute approximate surface area is 166 Å². The number of benzene rings is 1. The first-order chi connectivity index (χ1) is 13.6. The number of unbranched alkanes of at least 4 members (excludes halogenated alkanes) is 1. The smallest absolute Gasteiger partial charge is 0.320 e. The van der Waals surface area contributed by atoms with Crippen molar-refractivity contribution in [2.45, 2.75) is 40.2 Å². The second kappa shape index (κ2) is 9.17. The summed E-state index contributed by atoms with van der Waals surface area (Å²) in [6.45, 7) is 7.38. The van der Waals surface area contributed by atoms with Gasteiger partial charge in [0.1, 0.15) is 0 Å². The average molecular weight is 377 g/mol. The third-order valence-electron chi connectivity index (χ3n) is 4.54. The molecular formula is C22H27N5O. The van der Waals surface area contributed by atoms with Crippen molar-refractivity contribution in [2.75, 3.05) is 11.9 Å². The van der Waals surface area contributed by atoms with Gasteiger partial charge in [0, 0.05) is 36.9 Å². The molecule has 2 amide bonds. The van der Waals surface area contributed by atoms with E-state index in [2.05, 4.69) is 22.3 Å². The lowest BCUT2D eigenvalue weighted by Gasteiger charge is -2.23. The molecule has 0 aliphatic carbocycles. The van der Waals surface area contributed by atoms with E-state index < -0.39 is 0 Å². The fourth-order valence-corrected chi connectivity index (χ4v) is 3.09. The topological polar surface area (TPSA) is 63.1 Å². The van der Waals surface area contributed by atoms with Crippen LogP contribution >= 0.6 is 0 Å². The molecule has 1 aromatic carbocycles. The SMILES string of the molecule is CCCCN(Cc1cccnc1)C(=O)Nc1ccc(-n2nc(C)cc2C)cc1. The van der Waals surface area contributed by atoms with Gasteiger partial charge in [-0.2, -0.15) is 5.10 Å². The number of aromatic nitrogens is 3. The molecule has 0 bridgehead atoms. The summed E-state index contributed by atoms with van der Waals surface area (Å²) in [4.78, 5) is 18.8. The van der Waals surface area contributed by atoms with E-state index >= 15 is 0 Å². The summed E-state index contributed by atoms with van der Waals surface area (Å²) in [5.41, 5.74) is 4.83. The normalized spacial score (nSPS) is 10.7. The van der Waals surface area contributed by atoms with Gasteiger partial charge in [-0.05, 0) is 62.2 Å². The lowest BCUT2D eigenvalue weighted by atomic mass is 10.2. The molecule has 0 spiro atoms. The van der Waals surface area contributed by atoms with Crippen LogP contribution < -0.4 is 5.32 Å². The van der Waals surface area contributed by atoms with Crippen LogP contribution in [0.5, 0.6) is 0 Å². The van der Waals surface area contributed by atoms with Crippen molar-refractivity contribution in [2.24, 2.45) is 0 Å². The van der Waals surface area contributed by atoms with Crippen molar-refractivity contribution >= 4 is 11.7 Å². The van der Waals surface area contributed by atoms with Crippen LogP contribution in [0.1, 0.15) is 36.7 Å². The Bertz CT molecular complexity index is 902. The third kappa shape index (κ3) is 4.97. The predicted molar refractivity (Wildman–Crippen MR) is 112 cm³/mol. The number of carbonyl (C=O) groups is 1. The Kier molecular flexibility index (Phi) is 6.42. The van der Waals surface area contributed by atoms with Crippen LogP contribution in [0, 0.1) is 13.8 Å². The number of urea groups is 1. The summed E-state index contributed by atoms with van der Waals surface area (Å²) >= 11 is 0. The molecule has 0 saturated heterocycles. The lowest BCUT2D eigenvalue weighted by molar-refractivity contribution is 0.208. The van der Waals surface area contributed by atoms with Crippen molar-refractivity contribution in [1.82, 2.24) is 19.7 Å². The largest absolute Gasteiger partial charge is 0.322 e. The Hall–Kier alpha value is -3.15. The number of aryl methyl sites for hydroxylation is 2. The zero-order valence-corrected chi connectivity index (χ0v) is 16.7. The van der Waals surface area contributed by atoms with Crippen LogP contribution in [0.4, 0.5) is 10.5 Å². The maximum absolute atomic E-state index is 12.8. The molecule has 28 heavy (non-hydrogen) atoms. The summed E-state index contributed by atoms with van der Waals surface area (Å²) in [6, 6.07) is 13.6. The van der Waals surface area contributed by atoms with Crippen LogP contribution in [0.25, 0.3) is 5.69 Å². The molecule has 2 aromatic heterocycles. The van der Waals surface area contributed by atoms with Gasteiger partial charge in [-0.25, -0.2) is 9.48 Å². The number of nitrogens with zero attached hydrogens (tertiary/aromatic N) is 4. The Morgan fingerprint density at radius 1 is 1.18 bits per heavy atom. The first-order valence-corrected chi connectivity index (χ1v) is 9.65. The highest BCUT2D eigenvalue weighted by Gasteiger charge is 2.14.